The van der Waals surface area contributed by atoms with Crippen molar-refractivity contribution in [1.82, 2.24) is 15.6 Å². The van der Waals surface area contributed by atoms with Crippen LogP contribution >= 0.6 is 11.3 Å². The van der Waals surface area contributed by atoms with E-state index in [1.54, 1.807) is 0 Å². The smallest absolute Gasteiger partial charge is 0.407 e. The summed E-state index contributed by atoms with van der Waals surface area (Å²) in [7, 11) is 0. The highest BCUT2D eigenvalue weighted by molar-refractivity contribution is 7.09. The van der Waals surface area contributed by atoms with Crippen molar-refractivity contribution in [1.29, 1.82) is 0 Å². The molecule has 0 fully saturated rings. The van der Waals surface area contributed by atoms with Crippen molar-refractivity contribution in [2.75, 3.05) is 13.2 Å². The Balaban J connectivity index is 1.30. The molecule has 10 heteroatoms. The molecule has 1 heterocycles. The molecule has 3 aromatic rings. The fourth-order valence-corrected chi connectivity index (χ4v) is 4.63. The first-order valence-corrected chi connectivity index (χ1v) is 11.5. The van der Waals surface area contributed by atoms with E-state index in [2.05, 4.69) is 27.8 Å². The summed E-state index contributed by atoms with van der Waals surface area (Å²) >= 11 is 1.15. The van der Waals surface area contributed by atoms with Crippen molar-refractivity contribution in [3.63, 3.8) is 0 Å². The summed E-state index contributed by atoms with van der Waals surface area (Å²) in [5, 5.41) is 24.9. The first-order chi connectivity index (χ1) is 16.5. The maximum absolute atomic E-state index is 12.3. The summed E-state index contributed by atoms with van der Waals surface area (Å²) < 4.78 is 5.48. The van der Waals surface area contributed by atoms with Gasteiger partial charge in [0.1, 0.15) is 23.4 Å². The SMILES string of the molecule is O=C(NCc1nc(C(=O)N[C@@H](CCO)C(=O)O)cs1)OCC1c2ccccc2-c2ccccc21. The van der Waals surface area contributed by atoms with Crippen LogP contribution in [-0.4, -0.2) is 52.4 Å². The second kappa shape index (κ2) is 10.4. The Labute approximate surface area is 199 Å². The van der Waals surface area contributed by atoms with Crippen molar-refractivity contribution in [2.45, 2.75) is 24.9 Å². The average Bonchev–Trinajstić information content (AvgIpc) is 3.44. The Morgan fingerprint density at radius 2 is 1.71 bits per heavy atom. The number of carboxylic acids is 1. The van der Waals surface area contributed by atoms with Gasteiger partial charge in [-0.15, -0.1) is 11.3 Å². The van der Waals surface area contributed by atoms with E-state index in [9.17, 15) is 14.4 Å². The summed E-state index contributed by atoms with van der Waals surface area (Å²) in [5.74, 6) is -1.95. The van der Waals surface area contributed by atoms with Crippen LogP contribution in [0, 0.1) is 0 Å². The van der Waals surface area contributed by atoms with Crippen LogP contribution in [0.3, 0.4) is 0 Å². The Morgan fingerprint density at radius 3 is 2.32 bits per heavy atom. The van der Waals surface area contributed by atoms with Crippen molar-refractivity contribution in [2.24, 2.45) is 0 Å². The normalized spacial score (nSPS) is 13.0. The van der Waals surface area contributed by atoms with E-state index in [0.717, 1.165) is 33.6 Å². The molecule has 0 saturated carbocycles. The minimum atomic E-state index is -1.24. The summed E-state index contributed by atoms with van der Waals surface area (Å²) in [6.07, 6.45) is -0.710. The molecular formula is C24H23N3O6S. The summed E-state index contributed by atoms with van der Waals surface area (Å²) in [6.45, 7) is -0.121. The van der Waals surface area contributed by atoms with E-state index in [1.165, 1.54) is 5.38 Å². The number of thiazole rings is 1. The van der Waals surface area contributed by atoms with Crippen LogP contribution in [0.5, 0.6) is 0 Å². The van der Waals surface area contributed by atoms with Crippen molar-refractivity contribution >= 4 is 29.3 Å². The third-order valence-electron chi connectivity index (χ3n) is 5.53. The highest BCUT2D eigenvalue weighted by Crippen LogP contribution is 2.44. The molecule has 2 aromatic carbocycles. The predicted molar refractivity (Wildman–Crippen MR) is 125 cm³/mol. The number of aliphatic carboxylic acids is 1. The van der Waals surface area contributed by atoms with Gasteiger partial charge in [-0.1, -0.05) is 48.5 Å². The summed E-state index contributed by atoms with van der Waals surface area (Å²) in [4.78, 5) is 39.8. The molecule has 176 valence electrons. The van der Waals surface area contributed by atoms with E-state index < -0.39 is 24.0 Å². The van der Waals surface area contributed by atoms with Crippen LogP contribution in [0.1, 0.15) is 39.0 Å². The molecule has 0 bridgehead atoms. The lowest BCUT2D eigenvalue weighted by atomic mass is 9.98. The van der Waals surface area contributed by atoms with Gasteiger partial charge in [-0.3, -0.25) is 4.79 Å². The van der Waals surface area contributed by atoms with Crippen LogP contribution in [0.4, 0.5) is 4.79 Å². The lowest BCUT2D eigenvalue weighted by Crippen LogP contribution is -2.41. The topological polar surface area (TPSA) is 138 Å². The van der Waals surface area contributed by atoms with Crippen LogP contribution in [0.15, 0.2) is 53.9 Å². The van der Waals surface area contributed by atoms with Crippen LogP contribution in [0.2, 0.25) is 0 Å². The molecular weight excluding hydrogens is 458 g/mol. The molecule has 0 aliphatic heterocycles. The molecule has 1 aliphatic rings. The lowest BCUT2D eigenvalue weighted by molar-refractivity contribution is -0.139. The van der Waals surface area contributed by atoms with Gasteiger partial charge < -0.3 is 25.6 Å². The Kier molecular flexibility index (Phi) is 7.19. The van der Waals surface area contributed by atoms with Gasteiger partial charge in [0.25, 0.3) is 5.91 Å². The molecule has 0 unspecified atom stereocenters. The number of amides is 2. The second-order valence-electron chi connectivity index (χ2n) is 7.68. The number of carbonyl (C=O) groups excluding carboxylic acids is 2. The van der Waals surface area contributed by atoms with E-state index in [-0.39, 0.29) is 37.8 Å². The number of nitrogens with one attached hydrogen (secondary N) is 2. The molecule has 1 atom stereocenters. The average molecular weight is 482 g/mol. The van der Waals surface area contributed by atoms with E-state index in [4.69, 9.17) is 14.9 Å². The monoisotopic (exact) mass is 481 g/mol. The zero-order valence-electron chi connectivity index (χ0n) is 18.1. The first-order valence-electron chi connectivity index (χ1n) is 10.7. The Bertz CT molecular complexity index is 1170. The highest BCUT2D eigenvalue weighted by Gasteiger charge is 2.29. The molecule has 4 rings (SSSR count). The maximum Gasteiger partial charge on any atom is 0.407 e. The van der Waals surface area contributed by atoms with Crippen LogP contribution in [-0.2, 0) is 16.1 Å². The third kappa shape index (κ3) is 5.08. The van der Waals surface area contributed by atoms with Gasteiger partial charge in [-0.25, -0.2) is 14.6 Å². The Hall–Kier alpha value is -3.76. The largest absolute Gasteiger partial charge is 0.480 e. The van der Waals surface area contributed by atoms with E-state index in [1.807, 2.05) is 36.4 Å². The van der Waals surface area contributed by atoms with Gasteiger partial charge >= 0.3 is 12.1 Å². The molecule has 34 heavy (non-hydrogen) atoms. The van der Waals surface area contributed by atoms with E-state index >= 15 is 0 Å². The standard InChI is InChI=1S/C24H23N3O6S/c28-10-9-19(23(30)31)27-22(29)20-13-34-21(26-20)11-25-24(32)33-12-18-16-7-3-1-5-14(16)15-6-2-4-8-17(15)18/h1-8,13,18-19,28H,9-12H2,(H,25,32)(H,27,29)(H,30,31)/t19-/m0/s1. The third-order valence-corrected chi connectivity index (χ3v) is 6.38. The minimum absolute atomic E-state index is 0.0403. The van der Waals surface area contributed by atoms with Crippen LogP contribution < -0.4 is 10.6 Å². The lowest BCUT2D eigenvalue weighted by Gasteiger charge is -2.14. The van der Waals surface area contributed by atoms with Gasteiger partial charge in [-0.05, 0) is 22.3 Å². The highest BCUT2D eigenvalue weighted by atomic mass is 32.1. The fraction of sp³-hybridized carbons (Fsp3) is 0.250. The number of aliphatic hydroxyl groups excluding tert-OH is 1. The maximum atomic E-state index is 12.3. The summed E-state index contributed by atoms with van der Waals surface area (Å²) in [6, 6.07) is 14.9. The molecule has 0 radical (unpaired) electrons. The summed E-state index contributed by atoms with van der Waals surface area (Å²) in [5.41, 5.74) is 4.56. The van der Waals surface area contributed by atoms with Gasteiger partial charge in [0, 0.05) is 24.3 Å². The number of ether oxygens (including phenoxy) is 1. The van der Waals surface area contributed by atoms with Gasteiger partial charge in [0.05, 0.1) is 6.54 Å². The van der Waals surface area contributed by atoms with Crippen LogP contribution in [0.25, 0.3) is 11.1 Å². The number of hydrogen-bond donors (Lipinski definition) is 4. The number of rotatable bonds is 9. The molecule has 0 saturated heterocycles. The number of alkyl carbamates (subject to hydrolysis) is 1. The predicted octanol–water partition coefficient (Wildman–Crippen LogP) is 2.75. The molecule has 2 amide bonds. The number of carboxylic acid groups (broad SMARTS) is 1. The molecule has 1 aliphatic carbocycles. The number of nitrogens with zero attached hydrogens (tertiary/aromatic N) is 1. The number of benzene rings is 2. The number of aliphatic hydroxyl groups is 1. The van der Waals surface area contributed by atoms with Crippen molar-refractivity contribution in [3.8, 4) is 11.1 Å². The fourth-order valence-electron chi connectivity index (χ4n) is 3.91. The van der Waals surface area contributed by atoms with Crippen molar-refractivity contribution < 1.29 is 29.3 Å². The molecule has 4 N–H and O–H groups in total. The molecule has 1 aromatic heterocycles. The Morgan fingerprint density at radius 1 is 1.06 bits per heavy atom. The second-order valence-corrected chi connectivity index (χ2v) is 8.62. The van der Waals surface area contributed by atoms with Gasteiger partial charge in [0.15, 0.2) is 0 Å². The quantitative estimate of drug-likeness (QED) is 0.369. The van der Waals surface area contributed by atoms with Gasteiger partial charge in [-0.2, -0.15) is 0 Å². The zero-order chi connectivity index (χ0) is 24.1. The number of aromatic nitrogens is 1. The molecule has 0 spiro atoms. The van der Waals surface area contributed by atoms with Gasteiger partial charge in [0.2, 0.25) is 0 Å². The first kappa shape index (κ1) is 23.4. The minimum Gasteiger partial charge on any atom is -0.480 e. The zero-order valence-corrected chi connectivity index (χ0v) is 18.9. The number of carbonyl (C=O) groups is 3. The van der Waals surface area contributed by atoms with E-state index in [0.29, 0.717) is 5.01 Å². The molecule has 9 nitrogen and oxygen atoms in total. The number of fused-ring (bicyclic) bond motifs is 3. The van der Waals surface area contributed by atoms with Crippen molar-refractivity contribution in [3.05, 3.63) is 75.7 Å². The number of hydrogen-bond acceptors (Lipinski definition) is 7.